The third kappa shape index (κ3) is 5.13. The van der Waals surface area contributed by atoms with Crippen LogP contribution in [-0.4, -0.2) is 68.6 Å². The van der Waals surface area contributed by atoms with Gasteiger partial charge in [-0.1, -0.05) is 11.3 Å². The van der Waals surface area contributed by atoms with E-state index in [9.17, 15) is 9.59 Å². The first kappa shape index (κ1) is 21.7. The van der Waals surface area contributed by atoms with Gasteiger partial charge in [0.05, 0.1) is 12.5 Å². The van der Waals surface area contributed by atoms with Crippen LogP contribution >= 0.6 is 11.3 Å². The molecular weight excluding hydrogens is 410 g/mol. The Bertz CT molecular complexity index is 935. The zero-order valence-electron chi connectivity index (χ0n) is 16.7. The highest BCUT2D eigenvalue weighted by molar-refractivity contribution is 7.15. The van der Waals surface area contributed by atoms with E-state index in [4.69, 9.17) is 9.90 Å². The van der Waals surface area contributed by atoms with Crippen molar-refractivity contribution in [2.24, 2.45) is 5.92 Å². The normalized spacial score (nSPS) is 18.4. The molecule has 0 aliphatic carbocycles. The second-order valence-corrected chi connectivity index (χ2v) is 8.24. The van der Waals surface area contributed by atoms with Gasteiger partial charge in [0.25, 0.3) is 6.47 Å². The number of rotatable bonds is 4. The Morgan fingerprint density at radius 2 is 2.20 bits per heavy atom. The van der Waals surface area contributed by atoms with Crippen molar-refractivity contribution in [3.05, 3.63) is 28.3 Å². The van der Waals surface area contributed by atoms with Crippen molar-refractivity contribution in [2.75, 3.05) is 25.0 Å². The lowest BCUT2D eigenvalue weighted by atomic mass is 10.1. The lowest BCUT2D eigenvalue weighted by Gasteiger charge is -2.23. The summed E-state index contributed by atoms with van der Waals surface area (Å²) in [5.41, 5.74) is 2.20. The van der Waals surface area contributed by atoms with Crippen LogP contribution in [0.5, 0.6) is 0 Å². The molecule has 1 fully saturated rings. The summed E-state index contributed by atoms with van der Waals surface area (Å²) in [6, 6.07) is 0. The Labute approximate surface area is 177 Å². The Balaban J connectivity index is 0.000000806. The average molecular weight is 433 g/mol. The van der Waals surface area contributed by atoms with Crippen molar-refractivity contribution in [2.45, 2.75) is 32.9 Å². The smallest absolute Gasteiger partial charge is 0.290 e. The van der Waals surface area contributed by atoms with E-state index in [2.05, 4.69) is 37.4 Å². The van der Waals surface area contributed by atoms with Gasteiger partial charge < -0.3 is 15.3 Å². The summed E-state index contributed by atoms with van der Waals surface area (Å²) in [7, 11) is 2.08. The van der Waals surface area contributed by atoms with E-state index in [1.807, 2.05) is 13.1 Å². The van der Waals surface area contributed by atoms with E-state index in [1.165, 1.54) is 11.3 Å². The Hall–Kier alpha value is -2.99. The lowest BCUT2D eigenvalue weighted by Crippen LogP contribution is -2.33. The van der Waals surface area contributed by atoms with Crippen LogP contribution in [0, 0.1) is 12.8 Å². The zero-order chi connectivity index (χ0) is 21.7. The molecule has 4 heterocycles. The van der Waals surface area contributed by atoms with Crippen molar-refractivity contribution < 1.29 is 19.5 Å². The molecule has 4 rings (SSSR count). The number of carbonyl (C=O) groups excluding carboxylic acids is 2. The summed E-state index contributed by atoms with van der Waals surface area (Å²) in [5, 5.41) is 19.0. The van der Waals surface area contributed by atoms with Gasteiger partial charge >= 0.3 is 0 Å². The monoisotopic (exact) mass is 433 g/mol. The molecule has 2 amide bonds. The molecule has 0 saturated carbocycles. The van der Waals surface area contributed by atoms with Crippen LogP contribution in [0.25, 0.3) is 0 Å². The van der Waals surface area contributed by atoms with E-state index in [1.54, 1.807) is 4.90 Å². The molecule has 0 aromatic carbocycles. The number of fused-ring (bicyclic) bond motifs is 1. The molecule has 30 heavy (non-hydrogen) atoms. The Morgan fingerprint density at radius 1 is 1.43 bits per heavy atom. The molecule has 2 aromatic heterocycles. The first-order valence-electron chi connectivity index (χ1n) is 9.39. The van der Waals surface area contributed by atoms with Crippen LogP contribution < -0.4 is 10.2 Å². The Kier molecular flexibility index (Phi) is 7.00. The fraction of sp³-hybridized carbons (Fsp3) is 0.500. The summed E-state index contributed by atoms with van der Waals surface area (Å²) in [5.74, 6) is -0.0471. The minimum absolute atomic E-state index is 0.0968. The van der Waals surface area contributed by atoms with E-state index < -0.39 is 5.92 Å². The SMILES string of the molecule is Cc1nnc(N2CC(C(=O)NCc3ncc4c(n3)CCN(C)C4)CC2=O)s1.O=CO. The summed E-state index contributed by atoms with van der Waals surface area (Å²) >= 11 is 1.35. The van der Waals surface area contributed by atoms with Crippen molar-refractivity contribution >= 4 is 34.8 Å². The highest BCUT2D eigenvalue weighted by atomic mass is 32.1. The van der Waals surface area contributed by atoms with E-state index >= 15 is 0 Å². The number of likely N-dealkylation sites (N-methyl/N-ethyl adjacent to an activating group) is 1. The van der Waals surface area contributed by atoms with Crippen molar-refractivity contribution in [1.29, 1.82) is 0 Å². The Morgan fingerprint density at radius 3 is 2.90 bits per heavy atom. The van der Waals surface area contributed by atoms with Gasteiger partial charge in [-0.15, -0.1) is 10.2 Å². The second-order valence-electron chi connectivity index (χ2n) is 7.08. The highest BCUT2D eigenvalue weighted by Gasteiger charge is 2.36. The number of aryl methyl sites for hydroxylation is 1. The van der Waals surface area contributed by atoms with Gasteiger partial charge in [0, 0.05) is 49.9 Å². The molecule has 2 N–H and O–H groups in total. The molecule has 1 unspecified atom stereocenters. The number of amides is 2. The van der Waals surface area contributed by atoms with Gasteiger partial charge in [-0.25, -0.2) is 9.97 Å². The van der Waals surface area contributed by atoms with Gasteiger partial charge in [-0.05, 0) is 14.0 Å². The summed E-state index contributed by atoms with van der Waals surface area (Å²) in [6.07, 6.45) is 2.92. The molecule has 11 nitrogen and oxygen atoms in total. The van der Waals surface area contributed by atoms with Gasteiger partial charge in [0.1, 0.15) is 10.8 Å². The second kappa shape index (κ2) is 9.67. The van der Waals surface area contributed by atoms with Gasteiger partial charge in [-0.2, -0.15) is 0 Å². The number of aromatic nitrogens is 4. The maximum Gasteiger partial charge on any atom is 0.290 e. The number of nitrogens with zero attached hydrogens (tertiary/aromatic N) is 6. The first-order valence-corrected chi connectivity index (χ1v) is 10.2. The van der Waals surface area contributed by atoms with Crippen LogP contribution in [0.15, 0.2) is 6.20 Å². The number of anilines is 1. The molecule has 2 aromatic rings. The summed E-state index contributed by atoms with van der Waals surface area (Å²) < 4.78 is 0. The number of carboxylic acid groups (broad SMARTS) is 1. The van der Waals surface area contributed by atoms with Crippen molar-refractivity contribution in [3.8, 4) is 0 Å². The molecule has 2 aliphatic rings. The molecule has 12 heteroatoms. The number of carbonyl (C=O) groups is 3. The topological polar surface area (TPSA) is 142 Å². The third-order valence-corrected chi connectivity index (χ3v) is 5.70. The van der Waals surface area contributed by atoms with Crippen LogP contribution in [0.2, 0.25) is 0 Å². The van der Waals surface area contributed by atoms with Crippen LogP contribution in [-0.2, 0) is 33.9 Å². The quantitative estimate of drug-likeness (QED) is 0.637. The van der Waals surface area contributed by atoms with Gasteiger partial charge in [-0.3, -0.25) is 19.3 Å². The molecule has 1 atom stereocenters. The minimum atomic E-state index is -0.395. The average Bonchev–Trinajstić information content (AvgIpc) is 3.32. The largest absolute Gasteiger partial charge is 0.483 e. The van der Waals surface area contributed by atoms with Crippen molar-refractivity contribution in [3.63, 3.8) is 0 Å². The molecular formula is C18H23N7O4S. The molecule has 0 radical (unpaired) electrons. The minimum Gasteiger partial charge on any atom is -0.483 e. The van der Waals surface area contributed by atoms with Gasteiger partial charge in [0.2, 0.25) is 16.9 Å². The zero-order valence-corrected chi connectivity index (χ0v) is 17.6. The molecule has 1 saturated heterocycles. The van der Waals surface area contributed by atoms with Crippen molar-refractivity contribution in [1.82, 2.24) is 30.4 Å². The molecule has 160 valence electrons. The fourth-order valence-electron chi connectivity index (χ4n) is 3.36. The third-order valence-electron chi connectivity index (χ3n) is 4.84. The van der Waals surface area contributed by atoms with E-state index in [0.29, 0.717) is 17.5 Å². The van der Waals surface area contributed by atoms with Crippen LogP contribution in [0.1, 0.15) is 28.5 Å². The summed E-state index contributed by atoms with van der Waals surface area (Å²) in [4.78, 5) is 45.8. The molecule has 0 bridgehead atoms. The number of hydrogen-bond acceptors (Lipinski definition) is 9. The van der Waals surface area contributed by atoms with Crippen LogP contribution in [0.4, 0.5) is 5.13 Å². The number of nitrogens with one attached hydrogen (secondary N) is 1. The summed E-state index contributed by atoms with van der Waals surface area (Å²) in [6.45, 7) is 4.01. The lowest BCUT2D eigenvalue weighted by molar-refractivity contribution is -0.126. The maximum atomic E-state index is 12.5. The number of hydrogen-bond donors (Lipinski definition) is 2. The predicted molar refractivity (Wildman–Crippen MR) is 108 cm³/mol. The molecule has 2 aliphatic heterocycles. The highest BCUT2D eigenvalue weighted by Crippen LogP contribution is 2.27. The molecule has 0 spiro atoms. The first-order chi connectivity index (χ1) is 14.4. The predicted octanol–water partition coefficient (Wildman–Crippen LogP) is -0.00548. The van der Waals surface area contributed by atoms with Crippen LogP contribution in [0.3, 0.4) is 0 Å². The fourth-order valence-corrected chi connectivity index (χ4v) is 4.07. The standard InChI is InChI=1S/C17H21N7O2S.CH2O2/c1-10-21-22-17(27-10)24-9-11(5-15(24)25)16(26)19-7-14-18-6-12-8-23(2)4-3-13(12)20-14;2-1-3/h6,11H,3-5,7-9H2,1-2H3,(H,19,26);1H,(H,2,3). The van der Waals surface area contributed by atoms with Gasteiger partial charge in [0.15, 0.2) is 0 Å². The van der Waals surface area contributed by atoms with E-state index in [0.717, 1.165) is 35.8 Å². The van der Waals surface area contributed by atoms with E-state index in [-0.39, 0.29) is 31.3 Å². The maximum absolute atomic E-state index is 12.5.